The maximum atomic E-state index is 11.2. The Kier molecular flexibility index (Phi) is 4.02. The summed E-state index contributed by atoms with van der Waals surface area (Å²) in [5.41, 5.74) is -2.48. The van der Waals surface area contributed by atoms with E-state index in [0.29, 0.717) is 5.69 Å². The largest absolute Gasteiger partial charge is 0.422 e. The fraction of sp³-hybridized carbons (Fsp3) is 0.0833. The standard InChI is InChI=1S/C12H8N4O6/c17-14(18)10-5-4-8(7-9-3-1-2-6-13-9)11(15(19)20)12(10)16(21)22/h1-6H,7H2. The van der Waals surface area contributed by atoms with Crippen LogP contribution in [-0.4, -0.2) is 19.8 Å². The first-order chi connectivity index (χ1) is 10.4. The van der Waals surface area contributed by atoms with Crippen LogP contribution in [0.25, 0.3) is 0 Å². The third kappa shape index (κ3) is 2.85. The number of pyridine rings is 1. The number of benzene rings is 1. The van der Waals surface area contributed by atoms with Crippen LogP contribution in [0.2, 0.25) is 0 Å². The second-order valence-electron chi connectivity index (χ2n) is 4.21. The summed E-state index contributed by atoms with van der Waals surface area (Å²) in [6, 6.07) is 6.93. The van der Waals surface area contributed by atoms with Crippen molar-refractivity contribution in [1.82, 2.24) is 4.98 Å². The minimum Gasteiger partial charge on any atom is -0.261 e. The molecule has 0 amide bonds. The molecule has 1 aromatic heterocycles. The SMILES string of the molecule is O=[N+]([O-])c1ccc(Cc2ccccn2)c([N+](=O)[O-])c1[N+](=O)[O-]. The third-order valence-electron chi connectivity index (χ3n) is 2.87. The second kappa shape index (κ2) is 5.91. The van der Waals surface area contributed by atoms with Crippen molar-refractivity contribution in [1.29, 1.82) is 0 Å². The molecule has 0 unspecified atom stereocenters. The van der Waals surface area contributed by atoms with Gasteiger partial charge < -0.3 is 0 Å². The van der Waals surface area contributed by atoms with E-state index >= 15 is 0 Å². The molecule has 0 aliphatic heterocycles. The van der Waals surface area contributed by atoms with Gasteiger partial charge in [-0.05, 0) is 18.2 Å². The van der Waals surface area contributed by atoms with Gasteiger partial charge >= 0.3 is 17.1 Å². The average Bonchev–Trinajstić information content (AvgIpc) is 2.47. The highest BCUT2D eigenvalue weighted by Crippen LogP contribution is 2.39. The molecule has 0 saturated carbocycles. The molecule has 22 heavy (non-hydrogen) atoms. The van der Waals surface area contributed by atoms with Crippen molar-refractivity contribution in [3.05, 3.63) is 78.1 Å². The van der Waals surface area contributed by atoms with Crippen LogP contribution < -0.4 is 0 Å². The fourth-order valence-corrected chi connectivity index (χ4v) is 1.98. The maximum absolute atomic E-state index is 11.2. The van der Waals surface area contributed by atoms with Crippen molar-refractivity contribution in [3.8, 4) is 0 Å². The molecule has 0 radical (unpaired) electrons. The van der Waals surface area contributed by atoms with Crippen molar-refractivity contribution in [3.63, 3.8) is 0 Å². The molecule has 0 atom stereocenters. The second-order valence-corrected chi connectivity index (χ2v) is 4.21. The molecular weight excluding hydrogens is 296 g/mol. The Labute approximate surface area is 122 Å². The molecule has 0 aliphatic carbocycles. The molecule has 0 saturated heterocycles. The lowest BCUT2D eigenvalue weighted by molar-refractivity contribution is -0.441. The molecule has 0 aliphatic rings. The Morgan fingerprint density at radius 1 is 0.864 bits per heavy atom. The van der Waals surface area contributed by atoms with Gasteiger partial charge in [-0.3, -0.25) is 35.3 Å². The van der Waals surface area contributed by atoms with Crippen LogP contribution in [0.5, 0.6) is 0 Å². The first-order valence-electron chi connectivity index (χ1n) is 5.90. The summed E-state index contributed by atoms with van der Waals surface area (Å²) >= 11 is 0. The zero-order valence-corrected chi connectivity index (χ0v) is 10.9. The summed E-state index contributed by atoms with van der Waals surface area (Å²) in [5, 5.41) is 33.0. The summed E-state index contributed by atoms with van der Waals surface area (Å²) in [7, 11) is 0. The molecule has 10 nitrogen and oxygen atoms in total. The Morgan fingerprint density at radius 2 is 1.55 bits per heavy atom. The Bertz CT molecular complexity index is 762. The van der Waals surface area contributed by atoms with Gasteiger partial charge in [0.05, 0.1) is 14.8 Å². The fourth-order valence-electron chi connectivity index (χ4n) is 1.98. The van der Waals surface area contributed by atoms with E-state index in [1.807, 2.05) is 0 Å². The molecule has 2 rings (SSSR count). The Morgan fingerprint density at radius 3 is 2.05 bits per heavy atom. The number of hydrogen-bond acceptors (Lipinski definition) is 7. The average molecular weight is 304 g/mol. The van der Waals surface area contributed by atoms with E-state index in [-0.39, 0.29) is 12.0 Å². The number of nitro groups is 3. The van der Waals surface area contributed by atoms with Crippen LogP contribution in [0.4, 0.5) is 17.1 Å². The zero-order valence-electron chi connectivity index (χ0n) is 10.9. The normalized spacial score (nSPS) is 10.2. The van der Waals surface area contributed by atoms with Crippen molar-refractivity contribution in [2.24, 2.45) is 0 Å². The zero-order chi connectivity index (χ0) is 16.3. The molecule has 0 spiro atoms. The van der Waals surface area contributed by atoms with E-state index in [9.17, 15) is 30.3 Å². The van der Waals surface area contributed by atoms with Gasteiger partial charge in [0.1, 0.15) is 0 Å². The van der Waals surface area contributed by atoms with Crippen molar-refractivity contribution < 1.29 is 14.8 Å². The third-order valence-corrected chi connectivity index (χ3v) is 2.87. The number of hydrogen-bond donors (Lipinski definition) is 0. The van der Waals surface area contributed by atoms with Crippen LogP contribution in [0, 0.1) is 30.3 Å². The lowest BCUT2D eigenvalue weighted by Gasteiger charge is -2.04. The molecule has 0 N–H and O–H groups in total. The molecule has 0 fully saturated rings. The maximum Gasteiger partial charge on any atom is 0.422 e. The van der Waals surface area contributed by atoms with Gasteiger partial charge in [-0.2, -0.15) is 0 Å². The van der Waals surface area contributed by atoms with Crippen LogP contribution in [0.15, 0.2) is 36.5 Å². The smallest absolute Gasteiger partial charge is 0.261 e. The Balaban J connectivity index is 2.65. The van der Waals surface area contributed by atoms with Gasteiger partial charge in [0, 0.05) is 29.9 Å². The van der Waals surface area contributed by atoms with Crippen LogP contribution in [-0.2, 0) is 6.42 Å². The summed E-state index contributed by atoms with van der Waals surface area (Å²) in [6.07, 6.45) is 1.43. The Hall–Kier alpha value is -3.43. The highest BCUT2D eigenvalue weighted by molar-refractivity contribution is 5.69. The van der Waals surface area contributed by atoms with Crippen LogP contribution in [0.1, 0.15) is 11.3 Å². The number of rotatable bonds is 5. The molecule has 1 aromatic carbocycles. The number of aromatic nitrogens is 1. The van der Waals surface area contributed by atoms with E-state index in [4.69, 9.17) is 0 Å². The van der Waals surface area contributed by atoms with E-state index < -0.39 is 31.8 Å². The highest BCUT2D eigenvalue weighted by Gasteiger charge is 2.38. The van der Waals surface area contributed by atoms with Gasteiger partial charge in [-0.25, -0.2) is 0 Å². The molecular formula is C12H8N4O6. The predicted octanol–water partition coefficient (Wildman–Crippen LogP) is 2.40. The van der Waals surface area contributed by atoms with Crippen molar-refractivity contribution in [2.45, 2.75) is 6.42 Å². The molecule has 112 valence electrons. The molecule has 0 bridgehead atoms. The summed E-state index contributed by atoms with van der Waals surface area (Å²) in [6.45, 7) is 0. The summed E-state index contributed by atoms with van der Waals surface area (Å²) in [5.74, 6) is 0. The molecule has 2 aromatic rings. The lowest BCUT2D eigenvalue weighted by Crippen LogP contribution is -2.05. The van der Waals surface area contributed by atoms with E-state index in [2.05, 4.69) is 4.98 Å². The lowest BCUT2D eigenvalue weighted by atomic mass is 10.0. The van der Waals surface area contributed by atoms with Gasteiger partial charge in [0.15, 0.2) is 0 Å². The van der Waals surface area contributed by atoms with Crippen LogP contribution in [0.3, 0.4) is 0 Å². The summed E-state index contributed by atoms with van der Waals surface area (Å²) in [4.78, 5) is 33.9. The van der Waals surface area contributed by atoms with Crippen LogP contribution >= 0.6 is 0 Å². The monoisotopic (exact) mass is 304 g/mol. The minimum atomic E-state index is -1.12. The summed E-state index contributed by atoms with van der Waals surface area (Å²) < 4.78 is 0. The van der Waals surface area contributed by atoms with Gasteiger partial charge in [-0.15, -0.1) is 0 Å². The number of nitrogens with zero attached hydrogens (tertiary/aromatic N) is 4. The van der Waals surface area contributed by atoms with E-state index in [0.717, 1.165) is 12.1 Å². The van der Waals surface area contributed by atoms with Gasteiger partial charge in [-0.1, -0.05) is 6.07 Å². The minimum absolute atomic E-state index is 0.0130. The highest BCUT2D eigenvalue weighted by atomic mass is 16.6. The van der Waals surface area contributed by atoms with Gasteiger partial charge in [0.25, 0.3) is 0 Å². The quantitative estimate of drug-likeness (QED) is 0.609. The number of nitro benzene ring substituents is 3. The van der Waals surface area contributed by atoms with Crippen molar-refractivity contribution >= 4 is 17.1 Å². The predicted molar refractivity (Wildman–Crippen MR) is 73.4 cm³/mol. The van der Waals surface area contributed by atoms with E-state index in [1.54, 1.807) is 18.2 Å². The first-order valence-corrected chi connectivity index (χ1v) is 5.90. The first kappa shape index (κ1) is 15.0. The van der Waals surface area contributed by atoms with Crippen molar-refractivity contribution in [2.75, 3.05) is 0 Å². The van der Waals surface area contributed by atoms with E-state index in [1.165, 1.54) is 6.20 Å². The molecule has 1 heterocycles. The topological polar surface area (TPSA) is 142 Å². The van der Waals surface area contributed by atoms with Gasteiger partial charge in [0.2, 0.25) is 0 Å². The molecule has 10 heteroatoms.